The second kappa shape index (κ2) is 13.0. The molecule has 18 rings (SSSR count). The lowest BCUT2D eigenvalue weighted by atomic mass is 9.69. The van der Waals surface area contributed by atoms with Crippen molar-refractivity contribution in [2.45, 2.75) is 24.9 Å². The van der Waals surface area contributed by atoms with E-state index in [-0.39, 0.29) is 5.41 Å². The van der Waals surface area contributed by atoms with Crippen molar-refractivity contribution in [2.75, 3.05) is 4.90 Å². The Kier molecular flexibility index (Phi) is 6.82. The summed E-state index contributed by atoms with van der Waals surface area (Å²) in [7, 11) is 0. The average Bonchev–Trinajstić information content (AvgIpc) is 4.25. The van der Waals surface area contributed by atoms with E-state index in [0.29, 0.717) is 0 Å². The Bertz CT molecular complexity index is 4670. The zero-order valence-corrected chi connectivity index (χ0v) is 40.1. The summed E-state index contributed by atoms with van der Waals surface area (Å²) in [5.74, 6) is 2.33. The molecule has 9 heterocycles. The first-order valence-electron chi connectivity index (χ1n) is 25.6. The largest absolute Gasteiger partial charge is 0.319 e. The van der Waals surface area contributed by atoms with E-state index >= 15 is 0 Å². The normalized spacial score (nSPS) is 16.2. The van der Waals surface area contributed by atoms with Crippen LogP contribution in [-0.4, -0.2) is 9.13 Å². The van der Waals surface area contributed by atoms with Crippen molar-refractivity contribution >= 4 is 60.8 Å². The molecule has 0 saturated carbocycles. The lowest BCUT2D eigenvalue weighted by Crippen LogP contribution is -2.76. The summed E-state index contributed by atoms with van der Waals surface area (Å²) in [4.78, 5) is 2.65. The second-order valence-electron chi connectivity index (χ2n) is 21.3. The molecule has 0 aliphatic carbocycles. The highest BCUT2D eigenvalue weighted by atomic mass is 15.5. The minimum Gasteiger partial charge on any atom is -0.308 e. The van der Waals surface area contributed by atoms with Crippen LogP contribution in [0.1, 0.15) is 36.1 Å². The number of hydrogen-bond acceptors (Lipinski definition) is 1. The fourth-order valence-electron chi connectivity index (χ4n) is 14.5. The molecule has 0 N–H and O–H groups in total. The maximum atomic E-state index is 2.78. The zero-order valence-electron chi connectivity index (χ0n) is 40.1. The number of pyridine rings is 2. The van der Waals surface area contributed by atoms with Gasteiger partial charge in [-0.15, -0.1) is 0 Å². The molecule has 5 heteroatoms. The molecule has 0 bridgehead atoms. The Morgan fingerprint density at radius 2 is 0.822 bits per heavy atom. The van der Waals surface area contributed by atoms with E-state index in [1.165, 1.54) is 139 Å². The van der Waals surface area contributed by atoms with Crippen LogP contribution >= 0.6 is 0 Å². The van der Waals surface area contributed by atoms with Gasteiger partial charge in [-0.05, 0) is 93.0 Å². The SMILES string of the molecule is CC1(C)c2ccccc2N2c3c1ccc1c3C34c5c6c(cc7c8ccccc8n(c57)-c5cc(-c7ccc(-c8ccccc8)cc7)cc([n+]53)-c3cc(-c5ccc(-c7ccccc7)cc5)cc2[n+]34)c2ccccc2n6-1. The van der Waals surface area contributed by atoms with Crippen molar-refractivity contribution < 1.29 is 9.13 Å². The summed E-state index contributed by atoms with van der Waals surface area (Å²) in [6.07, 6.45) is 0. The van der Waals surface area contributed by atoms with E-state index in [9.17, 15) is 0 Å². The van der Waals surface area contributed by atoms with E-state index in [2.05, 4.69) is 261 Å². The molecular formula is C68H43N5+2. The first kappa shape index (κ1) is 38.4. The Morgan fingerprint density at radius 3 is 1.44 bits per heavy atom. The highest BCUT2D eigenvalue weighted by Crippen LogP contribution is 2.64. The number of hydrogen-bond donors (Lipinski definition) is 0. The molecule has 73 heavy (non-hydrogen) atoms. The topological polar surface area (TPSA) is 20.9 Å². The first-order chi connectivity index (χ1) is 36.0. The van der Waals surface area contributed by atoms with E-state index in [0.717, 1.165) is 11.6 Å². The van der Waals surface area contributed by atoms with Crippen LogP contribution in [0.4, 0.5) is 17.2 Å². The number of aromatic nitrogens is 4. The molecule has 0 radical (unpaired) electrons. The summed E-state index contributed by atoms with van der Waals surface area (Å²) >= 11 is 0. The lowest BCUT2D eigenvalue weighted by molar-refractivity contribution is -0.931. The molecule has 5 aliphatic heterocycles. The van der Waals surface area contributed by atoms with Crippen LogP contribution in [0.15, 0.2) is 224 Å². The summed E-state index contributed by atoms with van der Waals surface area (Å²) in [5, 5.41) is 5.12. The van der Waals surface area contributed by atoms with Gasteiger partial charge in [0.25, 0.3) is 11.6 Å². The van der Waals surface area contributed by atoms with Crippen LogP contribution < -0.4 is 14.0 Å². The molecule has 338 valence electrons. The van der Waals surface area contributed by atoms with Crippen LogP contribution in [-0.2, 0) is 11.1 Å². The van der Waals surface area contributed by atoms with E-state index in [4.69, 9.17) is 0 Å². The number of anilines is 3. The smallest absolute Gasteiger partial charge is 0.308 e. The van der Waals surface area contributed by atoms with E-state index < -0.39 is 5.66 Å². The summed E-state index contributed by atoms with van der Waals surface area (Å²) in [6.45, 7) is 4.87. The molecule has 0 amide bonds. The molecule has 1 atom stereocenters. The Balaban J connectivity index is 1.05. The lowest BCUT2D eigenvalue weighted by Gasteiger charge is -2.46. The van der Waals surface area contributed by atoms with E-state index in [1.807, 2.05) is 0 Å². The Morgan fingerprint density at radius 1 is 0.342 bits per heavy atom. The molecule has 4 aromatic heterocycles. The van der Waals surface area contributed by atoms with Crippen LogP contribution in [0.2, 0.25) is 0 Å². The third kappa shape index (κ3) is 4.41. The minimum absolute atomic E-state index is 0.293. The van der Waals surface area contributed by atoms with Crippen molar-refractivity contribution in [3.8, 4) is 67.4 Å². The van der Waals surface area contributed by atoms with Crippen LogP contribution in [0.25, 0.3) is 111 Å². The standard InChI is InChI=1S/C68H43N5/c1-67(2)52-21-11-14-24-56(52)71-61-38-47(45-31-27-43(28-32-45)41-17-7-4-8-18-41)36-59-58-35-46(44-29-25-42(26-30-44)40-15-5-3-6-16-40)37-60-70-55-23-13-10-20-49(55)51-39-50-48-19-9-12-22-54(48)69-57-34-33-53(67)66(71)62(57)68(72(58)60,73(59)61)63(64(50)69)65(51)70/h3-39H,1-2H3/q+2. The number of para-hydroxylation sites is 3. The van der Waals surface area contributed by atoms with Crippen molar-refractivity contribution in [1.82, 2.24) is 9.13 Å². The quantitative estimate of drug-likeness (QED) is 0.161. The fourth-order valence-corrected chi connectivity index (χ4v) is 14.5. The minimum atomic E-state index is -0.799. The van der Waals surface area contributed by atoms with Gasteiger partial charge in [0.1, 0.15) is 22.3 Å². The average molecular weight is 930 g/mol. The van der Waals surface area contributed by atoms with E-state index in [1.54, 1.807) is 0 Å². The molecule has 1 spiro atoms. The summed E-state index contributed by atoms with van der Waals surface area (Å²) < 4.78 is 10.8. The van der Waals surface area contributed by atoms with Gasteiger partial charge in [0.15, 0.2) is 22.6 Å². The van der Waals surface area contributed by atoms with Gasteiger partial charge in [-0.3, -0.25) is 0 Å². The van der Waals surface area contributed by atoms with Crippen LogP contribution in [0.3, 0.4) is 0 Å². The van der Waals surface area contributed by atoms with Gasteiger partial charge >= 0.3 is 5.66 Å². The number of fused-ring (bicyclic) bond motifs is 12. The Hall–Kier alpha value is -9.32. The summed E-state index contributed by atoms with van der Waals surface area (Å²) in [6, 6.07) is 84.7. The maximum absolute atomic E-state index is 2.78. The molecule has 1 unspecified atom stereocenters. The first-order valence-corrected chi connectivity index (χ1v) is 25.6. The number of benzene rings is 9. The zero-order chi connectivity index (χ0) is 47.6. The van der Waals surface area contributed by atoms with Crippen molar-refractivity contribution in [1.29, 1.82) is 0 Å². The predicted octanol–water partition coefficient (Wildman–Crippen LogP) is 15.5. The highest BCUT2D eigenvalue weighted by Gasteiger charge is 2.71. The van der Waals surface area contributed by atoms with Crippen molar-refractivity contribution in [2.24, 2.45) is 0 Å². The third-order valence-corrected chi connectivity index (χ3v) is 17.5. The van der Waals surface area contributed by atoms with Crippen molar-refractivity contribution in [3.05, 3.63) is 247 Å². The molecule has 13 aromatic rings. The van der Waals surface area contributed by atoms with Gasteiger partial charge in [0, 0.05) is 50.2 Å². The number of rotatable bonds is 4. The van der Waals surface area contributed by atoms with Gasteiger partial charge in [-0.1, -0.05) is 178 Å². The van der Waals surface area contributed by atoms with Crippen LogP contribution in [0, 0.1) is 0 Å². The molecular weight excluding hydrogens is 887 g/mol. The molecule has 5 nitrogen and oxygen atoms in total. The molecule has 0 saturated heterocycles. The van der Waals surface area contributed by atoms with Gasteiger partial charge in [0.05, 0.1) is 16.7 Å². The van der Waals surface area contributed by atoms with Gasteiger partial charge in [0.2, 0.25) is 0 Å². The molecule has 5 aliphatic rings. The van der Waals surface area contributed by atoms with Gasteiger partial charge in [-0.2, -0.15) is 18.6 Å². The second-order valence-corrected chi connectivity index (χ2v) is 21.3. The molecule has 9 aromatic carbocycles. The Labute approximate surface area is 421 Å². The van der Waals surface area contributed by atoms with Gasteiger partial charge in [-0.25, -0.2) is 0 Å². The predicted molar refractivity (Wildman–Crippen MR) is 295 cm³/mol. The third-order valence-electron chi connectivity index (χ3n) is 17.5. The number of nitrogens with zero attached hydrogens (tertiary/aromatic N) is 5. The van der Waals surface area contributed by atoms with Crippen molar-refractivity contribution in [3.63, 3.8) is 0 Å². The fraction of sp³-hybridized carbons (Fsp3) is 0.0588. The van der Waals surface area contributed by atoms with Gasteiger partial charge < -0.3 is 4.57 Å². The maximum Gasteiger partial charge on any atom is 0.319 e. The monoisotopic (exact) mass is 929 g/mol. The molecule has 0 fully saturated rings. The highest BCUT2D eigenvalue weighted by molar-refractivity contribution is 6.22. The van der Waals surface area contributed by atoms with Crippen LogP contribution in [0.5, 0.6) is 0 Å². The summed E-state index contributed by atoms with van der Waals surface area (Å²) in [5.41, 5.74) is 25.0.